The molecule has 6 unspecified atom stereocenters. The summed E-state index contributed by atoms with van der Waals surface area (Å²) in [7, 11) is 0. The third-order valence-corrected chi connectivity index (χ3v) is 9.89. The number of rotatable bonds is 12. The fraction of sp³-hybridized carbons (Fsp3) is 0.515. The van der Waals surface area contributed by atoms with Gasteiger partial charge in [-0.2, -0.15) is 0 Å². The van der Waals surface area contributed by atoms with Crippen molar-refractivity contribution in [3.63, 3.8) is 0 Å². The molecule has 2 aromatic carbocycles. The van der Waals surface area contributed by atoms with Crippen LogP contribution in [0.1, 0.15) is 63.1 Å². The van der Waals surface area contributed by atoms with Gasteiger partial charge in [0.05, 0.1) is 25.4 Å². The Morgan fingerprint density at radius 3 is 2.63 bits per heavy atom. The Morgan fingerprint density at radius 1 is 1.07 bits per heavy atom. The van der Waals surface area contributed by atoms with Gasteiger partial charge < -0.3 is 24.2 Å². The van der Waals surface area contributed by atoms with Crippen LogP contribution in [0.2, 0.25) is 0 Å². The maximum Gasteiger partial charge on any atom is 0.191 e. The van der Waals surface area contributed by atoms with Gasteiger partial charge in [-0.25, -0.2) is 23.4 Å². The van der Waals surface area contributed by atoms with E-state index in [2.05, 4.69) is 34.3 Å². The summed E-state index contributed by atoms with van der Waals surface area (Å²) >= 11 is 1.57. The largest absolute Gasteiger partial charge is 0.394 e. The SMILES string of the molecule is CCCSc1nc(N(Cc2ccccc2)C2CC2c2ccc(F)c(F)c2)c2nnn(C3CC(OCCO)C4OC(C)(C)OC43)c2n1. The lowest BCUT2D eigenvalue weighted by molar-refractivity contribution is -0.171. The Hall–Kier alpha value is -3.23. The lowest BCUT2D eigenvalue weighted by atomic mass is 10.1. The second kappa shape index (κ2) is 12.8. The van der Waals surface area contributed by atoms with Crippen molar-refractivity contribution >= 4 is 28.7 Å². The Bertz CT molecular complexity index is 1690. The molecule has 6 atom stereocenters. The predicted octanol–water partition coefficient (Wildman–Crippen LogP) is 5.41. The normalized spacial score (nSPS) is 26.5. The third kappa shape index (κ3) is 6.11. The minimum absolute atomic E-state index is 0.00286. The number of benzene rings is 2. The van der Waals surface area contributed by atoms with Crippen LogP contribution in [0.25, 0.3) is 11.2 Å². The maximum absolute atomic E-state index is 14.3. The molecular weight excluding hydrogens is 614 g/mol. The molecule has 244 valence electrons. The van der Waals surface area contributed by atoms with Gasteiger partial charge in [0.1, 0.15) is 12.2 Å². The average Bonchev–Trinajstić information content (AvgIpc) is 3.47. The van der Waals surface area contributed by atoms with Crippen molar-refractivity contribution < 1.29 is 28.1 Å². The van der Waals surface area contributed by atoms with Crippen LogP contribution >= 0.6 is 11.8 Å². The molecule has 0 spiro atoms. The lowest BCUT2D eigenvalue weighted by Gasteiger charge is -2.25. The third-order valence-electron chi connectivity index (χ3n) is 8.84. The Balaban J connectivity index is 1.30. The van der Waals surface area contributed by atoms with Crippen LogP contribution in [0.5, 0.6) is 0 Å². The van der Waals surface area contributed by atoms with Gasteiger partial charge in [-0.05, 0) is 49.9 Å². The molecule has 2 aromatic heterocycles. The number of ether oxygens (including phenoxy) is 3. The van der Waals surface area contributed by atoms with Gasteiger partial charge in [0.15, 0.2) is 39.6 Å². The van der Waals surface area contributed by atoms with E-state index < -0.39 is 17.4 Å². The molecule has 46 heavy (non-hydrogen) atoms. The van der Waals surface area contributed by atoms with Crippen LogP contribution in [0, 0.1) is 11.6 Å². The van der Waals surface area contributed by atoms with Crippen LogP contribution in [-0.2, 0) is 20.8 Å². The number of hydrogen-bond acceptors (Lipinski definition) is 10. The highest BCUT2D eigenvalue weighted by Gasteiger charge is 2.56. The highest BCUT2D eigenvalue weighted by Crippen LogP contribution is 2.49. The van der Waals surface area contributed by atoms with Crippen molar-refractivity contribution in [3.8, 4) is 0 Å². The van der Waals surface area contributed by atoms with Crippen molar-refractivity contribution in [2.75, 3.05) is 23.9 Å². The second-order valence-corrected chi connectivity index (χ2v) is 13.6. The lowest BCUT2D eigenvalue weighted by Crippen LogP contribution is -2.31. The molecule has 10 nitrogen and oxygen atoms in total. The summed E-state index contributed by atoms with van der Waals surface area (Å²) in [6, 6.07) is 14.0. The van der Waals surface area contributed by atoms with E-state index in [4.69, 9.17) is 24.2 Å². The molecule has 2 aliphatic carbocycles. The smallest absolute Gasteiger partial charge is 0.191 e. The molecule has 3 heterocycles. The number of aliphatic hydroxyl groups is 1. The van der Waals surface area contributed by atoms with E-state index in [0.29, 0.717) is 35.1 Å². The summed E-state index contributed by atoms with van der Waals surface area (Å²) in [6.07, 6.45) is 1.27. The zero-order chi connectivity index (χ0) is 32.0. The molecule has 0 bridgehead atoms. The van der Waals surface area contributed by atoms with Gasteiger partial charge >= 0.3 is 0 Å². The molecule has 1 saturated heterocycles. The van der Waals surface area contributed by atoms with E-state index in [0.717, 1.165) is 29.7 Å². The van der Waals surface area contributed by atoms with Crippen molar-refractivity contribution in [1.29, 1.82) is 0 Å². The standard InChI is InChI=1S/C33H38F2N6O4S/c1-4-14-46-32-36-30(40(18-19-8-6-5-7-9-19)24-16-21(24)20-10-11-22(34)23(35)15-20)27-31(37-32)41(39-38-27)25-17-26(43-13-12-42)29-28(25)44-33(2,3)45-29/h5-11,15,21,24-26,28-29,42H,4,12-14,16-18H2,1-3H3. The number of nitrogens with zero attached hydrogens (tertiary/aromatic N) is 6. The summed E-state index contributed by atoms with van der Waals surface area (Å²) < 4.78 is 48.5. The van der Waals surface area contributed by atoms with Gasteiger partial charge in [-0.15, -0.1) is 5.10 Å². The van der Waals surface area contributed by atoms with Crippen LogP contribution < -0.4 is 4.90 Å². The Labute approximate surface area is 270 Å². The Kier molecular flexibility index (Phi) is 8.70. The molecule has 0 radical (unpaired) electrons. The molecule has 7 rings (SSSR count). The van der Waals surface area contributed by atoms with E-state index >= 15 is 0 Å². The van der Waals surface area contributed by atoms with Gasteiger partial charge in [-0.3, -0.25) is 0 Å². The molecule has 1 aliphatic heterocycles. The average molecular weight is 653 g/mol. The first-order valence-corrected chi connectivity index (χ1v) is 16.8. The highest BCUT2D eigenvalue weighted by atomic mass is 32.2. The van der Waals surface area contributed by atoms with Gasteiger partial charge in [0.2, 0.25) is 0 Å². The fourth-order valence-electron chi connectivity index (χ4n) is 6.75. The van der Waals surface area contributed by atoms with E-state index in [1.165, 1.54) is 12.1 Å². The van der Waals surface area contributed by atoms with E-state index in [9.17, 15) is 13.9 Å². The molecule has 3 aliphatic rings. The molecule has 3 fully saturated rings. The number of halogens is 2. The Morgan fingerprint density at radius 2 is 1.87 bits per heavy atom. The molecular formula is C33H38F2N6O4S. The van der Waals surface area contributed by atoms with Crippen LogP contribution in [-0.4, -0.2) is 79.2 Å². The zero-order valence-electron chi connectivity index (χ0n) is 26.1. The number of fused-ring (bicyclic) bond motifs is 2. The minimum atomic E-state index is -0.855. The summed E-state index contributed by atoms with van der Waals surface area (Å²) in [5.74, 6) is -1.02. The summed E-state index contributed by atoms with van der Waals surface area (Å²) in [5.41, 5.74) is 2.98. The maximum atomic E-state index is 14.3. The topological polar surface area (TPSA) is 108 Å². The molecule has 4 aromatic rings. The molecule has 0 amide bonds. The fourth-order valence-corrected chi connectivity index (χ4v) is 7.44. The van der Waals surface area contributed by atoms with Crippen molar-refractivity contribution in [2.24, 2.45) is 0 Å². The van der Waals surface area contributed by atoms with Gasteiger partial charge in [-0.1, -0.05) is 60.3 Å². The van der Waals surface area contributed by atoms with Crippen LogP contribution in [0.15, 0.2) is 53.7 Å². The number of thioether (sulfide) groups is 1. The monoisotopic (exact) mass is 652 g/mol. The first-order chi connectivity index (χ1) is 22.3. The number of aromatic nitrogens is 5. The summed E-state index contributed by atoms with van der Waals surface area (Å²) in [5, 5.41) is 19.4. The molecule has 13 heteroatoms. The van der Waals surface area contributed by atoms with Gasteiger partial charge in [0.25, 0.3) is 0 Å². The molecule has 2 saturated carbocycles. The van der Waals surface area contributed by atoms with Crippen molar-refractivity contribution in [2.45, 2.75) is 93.8 Å². The van der Waals surface area contributed by atoms with Crippen molar-refractivity contribution in [3.05, 3.63) is 71.3 Å². The zero-order valence-corrected chi connectivity index (χ0v) is 26.9. The first kappa shape index (κ1) is 31.4. The van der Waals surface area contributed by atoms with E-state index in [1.807, 2.05) is 36.7 Å². The predicted molar refractivity (Wildman–Crippen MR) is 169 cm³/mol. The van der Waals surface area contributed by atoms with E-state index in [-0.39, 0.29) is 49.5 Å². The quantitative estimate of drug-likeness (QED) is 0.158. The summed E-state index contributed by atoms with van der Waals surface area (Å²) in [6.45, 7) is 6.52. The minimum Gasteiger partial charge on any atom is -0.394 e. The number of hydrogen-bond donors (Lipinski definition) is 1. The van der Waals surface area contributed by atoms with Crippen molar-refractivity contribution in [1.82, 2.24) is 25.0 Å². The second-order valence-electron chi connectivity index (χ2n) is 12.6. The van der Waals surface area contributed by atoms with Gasteiger partial charge in [0, 0.05) is 30.7 Å². The molecule has 1 N–H and O–H groups in total. The van der Waals surface area contributed by atoms with Crippen LogP contribution in [0.4, 0.5) is 14.6 Å². The van der Waals surface area contributed by atoms with Crippen LogP contribution in [0.3, 0.4) is 0 Å². The number of aliphatic hydroxyl groups excluding tert-OH is 1. The first-order valence-electron chi connectivity index (χ1n) is 15.9. The number of anilines is 1. The summed E-state index contributed by atoms with van der Waals surface area (Å²) in [4.78, 5) is 12.2. The highest BCUT2D eigenvalue weighted by molar-refractivity contribution is 7.99. The van der Waals surface area contributed by atoms with E-state index in [1.54, 1.807) is 17.8 Å².